The summed E-state index contributed by atoms with van der Waals surface area (Å²) >= 11 is 6.61. The molecule has 0 aromatic heterocycles. The highest BCUT2D eigenvalue weighted by Crippen LogP contribution is 2.31. The highest BCUT2D eigenvalue weighted by Gasteiger charge is 2.31. The summed E-state index contributed by atoms with van der Waals surface area (Å²) in [5.41, 5.74) is 3.98. The second-order valence-corrected chi connectivity index (χ2v) is 9.04. The van der Waals surface area contributed by atoms with Crippen molar-refractivity contribution in [3.63, 3.8) is 0 Å². The number of anilines is 1. The molecule has 164 valence electrons. The van der Waals surface area contributed by atoms with E-state index in [0.29, 0.717) is 9.23 Å². The summed E-state index contributed by atoms with van der Waals surface area (Å²) in [6.07, 6.45) is 5.71. The average Bonchev–Trinajstić information content (AvgIpc) is 3.11. The molecular weight excluding hydrogens is 448 g/mol. The van der Waals surface area contributed by atoms with E-state index in [4.69, 9.17) is 12.2 Å². The fourth-order valence-corrected chi connectivity index (χ4v) is 4.59. The van der Waals surface area contributed by atoms with Gasteiger partial charge in [0.2, 0.25) is 5.91 Å². The van der Waals surface area contributed by atoms with Crippen molar-refractivity contribution in [3.05, 3.63) is 108 Å². The molecule has 4 nitrogen and oxygen atoms in total. The van der Waals surface area contributed by atoms with Gasteiger partial charge in [-0.1, -0.05) is 109 Å². The summed E-state index contributed by atoms with van der Waals surface area (Å²) < 4.78 is 0.472. The first-order chi connectivity index (χ1) is 16.1. The zero-order valence-electron chi connectivity index (χ0n) is 17.8. The molecule has 0 aliphatic carbocycles. The van der Waals surface area contributed by atoms with E-state index in [0.717, 1.165) is 22.4 Å². The topological polar surface area (TPSA) is 49.4 Å². The molecule has 0 spiro atoms. The quantitative estimate of drug-likeness (QED) is 0.333. The number of hydrogen-bond donors (Lipinski definition) is 1. The first kappa shape index (κ1) is 22.7. The number of rotatable bonds is 7. The first-order valence-electron chi connectivity index (χ1n) is 10.5. The lowest BCUT2D eigenvalue weighted by Gasteiger charge is -2.14. The van der Waals surface area contributed by atoms with E-state index >= 15 is 0 Å². The van der Waals surface area contributed by atoms with E-state index in [2.05, 4.69) is 5.32 Å². The third kappa shape index (κ3) is 6.06. The maximum atomic E-state index is 12.7. The lowest BCUT2D eigenvalue weighted by atomic mass is 10.1. The summed E-state index contributed by atoms with van der Waals surface area (Å²) in [4.78, 5) is 27.2. The van der Waals surface area contributed by atoms with E-state index < -0.39 is 0 Å². The molecule has 1 N–H and O–H groups in total. The molecule has 33 heavy (non-hydrogen) atoms. The molecule has 0 radical (unpaired) electrons. The van der Waals surface area contributed by atoms with Gasteiger partial charge in [0.05, 0.1) is 4.91 Å². The highest BCUT2D eigenvalue weighted by molar-refractivity contribution is 8.26. The van der Waals surface area contributed by atoms with Gasteiger partial charge in [0.1, 0.15) is 4.32 Å². The number of nitrogens with zero attached hydrogens (tertiary/aromatic N) is 1. The maximum absolute atomic E-state index is 12.7. The summed E-state index contributed by atoms with van der Waals surface area (Å²) in [7, 11) is 0. The first-order valence-corrected chi connectivity index (χ1v) is 11.7. The molecule has 6 heteroatoms. The molecule has 1 aliphatic rings. The minimum absolute atomic E-state index is 0.163. The van der Waals surface area contributed by atoms with Crippen molar-refractivity contribution < 1.29 is 9.59 Å². The Morgan fingerprint density at radius 1 is 0.909 bits per heavy atom. The van der Waals surface area contributed by atoms with Gasteiger partial charge in [0.25, 0.3) is 5.91 Å². The Balaban J connectivity index is 1.30. The SMILES string of the molecule is O=C(CCN1C(=O)/C(=C/C=C/c2ccccc2)SC1=S)Nc1ccc(-c2ccccc2)cc1. The van der Waals surface area contributed by atoms with Gasteiger partial charge in [0, 0.05) is 18.7 Å². The molecule has 0 unspecified atom stereocenters. The van der Waals surface area contributed by atoms with Gasteiger partial charge in [-0.25, -0.2) is 0 Å². The van der Waals surface area contributed by atoms with Crippen molar-refractivity contribution in [1.82, 2.24) is 4.90 Å². The second-order valence-electron chi connectivity index (χ2n) is 7.37. The molecule has 3 aromatic carbocycles. The van der Waals surface area contributed by atoms with Crippen molar-refractivity contribution >= 4 is 51.9 Å². The molecular formula is C27H22N2O2S2. The Hall–Kier alpha value is -3.48. The molecule has 3 aromatic rings. The van der Waals surface area contributed by atoms with Gasteiger partial charge in [-0.2, -0.15) is 0 Å². The van der Waals surface area contributed by atoms with Crippen LogP contribution in [-0.2, 0) is 9.59 Å². The molecule has 0 saturated carbocycles. The largest absolute Gasteiger partial charge is 0.326 e. The van der Waals surface area contributed by atoms with Crippen molar-refractivity contribution in [1.29, 1.82) is 0 Å². The number of hydrogen-bond acceptors (Lipinski definition) is 4. The molecule has 0 atom stereocenters. The predicted molar refractivity (Wildman–Crippen MR) is 141 cm³/mol. The van der Waals surface area contributed by atoms with Crippen LogP contribution in [0.2, 0.25) is 0 Å². The molecule has 4 rings (SSSR count). The third-order valence-electron chi connectivity index (χ3n) is 5.05. The Bertz CT molecular complexity index is 1200. The van der Waals surface area contributed by atoms with E-state index in [1.807, 2.05) is 97.1 Å². The number of amides is 2. The minimum Gasteiger partial charge on any atom is -0.326 e. The molecule has 1 fully saturated rings. The zero-order chi connectivity index (χ0) is 23.0. The van der Waals surface area contributed by atoms with E-state index in [-0.39, 0.29) is 24.8 Å². The number of nitrogens with one attached hydrogen (secondary N) is 1. The number of benzene rings is 3. The van der Waals surface area contributed by atoms with Crippen LogP contribution in [0.3, 0.4) is 0 Å². The van der Waals surface area contributed by atoms with Crippen molar-refractivity contribution in [2.24, 2.45) is 0 Å². The predicted octanol–water partition coefficient (Wildman–Crippen LogP) is 6.14. The van der Waals surface area contributed by atoms with E-state index in [1.165, 1.54) is 16.7 Å². The van der Waals surface area contributed by atoms with Crippen LogP contribution >= 0.6 is 24.0 Å². The van der Waals surface area contributed by atoms with E-state index in [1.54, 1.807) is 6.08 Å². The normalized spacial score (nSPS) is 14.9. The Labute approximate surface area is 203 Å². The third-order valence-corrected chi connectivity index (χ3v) is 6.44. The fourth-order valence-electron chi connectivity index (χ4n) is 3.33. The number of thioether (sulfide) groups is 1. The number of allylic oxidation sites excluding steroid dienone is 2. The van der Waals surface area contributed by atoms with Crippen molar-refractivity contribution in [3.8, 4) is 11.1 Å². The smallest absolute Gasteiger partial charge is 0.266 e. The van der Waals surface area contributed by atoms with Gasteiger partial charge >= 0.3 is 0 Å². The molecule has 0 bridgehead atoms. The van der Waals surface area contributed by atoms with Gasteiger partial charge in [-0.15, -0.1) is 0 Å². The van der Waals surface area contributed by atoms with Crippen molar-refractivity contribution in [2.45, 2.75) is 6.42 Å². The standard InChI is InChI=1S/C27H22N2O2S2/c30-25(28-23-16-14-22(15-17-23)21-11-5-2-6-12-21)18-19-29-26(31)24(33-27(29)32)13-7-10-20-8-3-1-4-9-20/h1-17H,18-19H2,(H,28,30)/b10-7+,24-13-. The zero-order valence-corrected chi connectivity index (χ0v) is 19.4. The van der Waals surface area contributed by atoms with Crippen LogP contribution < -0.4 is 5.32 Å². The molecule has 1 heterocycles. The Morgan fingerprint density at radius 2 is 1.55 bits per heavy atom. The van der Waals surface area contributed by atoms with Crippen LogP contribution in [0.15, 0.2) is 102 Å². The lowest BCUT2D eigenvalue weighted by molar-refractivity contribution is -0.122. The highest BCUT2D eigenvalue weighted by atomic mass is 32.2. The van der Waals surface area contributed by atoms with Gasteiger partial charge in [-0.3, -0.25) is 14.5 Å². The Kier molecular flexibility index (Phi) is 7.50. The van der Waals surface area contributed by atoms with E-state index in [9.17, 15) is 9.59 Å². The van der Waals surface area contributed by atoms with Crippen LogP contribution in [0.5, 0.6) is 0 Å². The lowest BCUT2D eigenvalue weighted by Crippen LogP contribution is -2.31. The monoisotopic (exact) mass is 470 g/mol. The summed E-state index contributed by atoms with van der Waals surface area (Å²) in [5.74, 6) is -0.327. The van der Waals surface area contributed by atoms with Gasteiger partial charge < -0.3 is 5.32 Å². The van der Waals surface area contributed by atoms with Crippen molar-refractivity contribution in [2.75, 3.05) is 11.9 Å². The minimum atomic E-state index is -0.164. The summed E-state index contributed by atoms with van der Waals surface area (Å²) in [6.45, 7) is 0.248. The van der Waals surface area contributed by atoms with Crippen LogP contribution in [0, 0.1) is 0 Å². The van der Waals surface area contributed by atoms with Crippen LogP contribution in [0.4, 0.5) is 5.69 Å². The van der Waals surface area contributed by atoms with Crippen LogP contribution in [0.1, 0.15) is 12.0 Å². The Morgan fingerprint density at radius 3 is 2.24 bits per heavy atom. The van der Waals surface area contributed by atoms with Crippen LogP contribution in [0.25, 0.3) is 17.2 Å². The second kappa shape index (κ2) is 10.9. The summed E-state index contributed by atoms with van der Waals surface area (Å²) in [5, 5.41) is 2.89. The molecule has 2 amide bonds. The average molecular weight is 471 g/mol. The van der Waals surface area contributed by atoms with Crippen LogP contribution in [-0.4, -0.2) is 27.6 Å². The maximum Gasteiger partial charge on any atom is 0.266 e. The fraction of sp³-hybridized carbons (Fsp3) is 0.0741. The molecule has 1 aliphatic heterocycles. The van der Waals surface area contributed by atoms with Gasteiger partial charge in [-0.05, 0) is 34.9 Å². The van der Waals surface area contributed by atoms with Gasteiger partial charge in [0.15, 0.2) is 0 Å². The summed E-state index contributed by atoms with van der Waals surface area (Å²) in [6, 6.07) is 27.6. The number of carbonyl (C=O) groups is 2. The number of carbonyl (C=O) groups excluding carboxylic acids is 2. The number of thiocarbonyl (C=S) groups is 1. The molecule has 1 saturated heterocycles.